The Labute approximate surface area is 153 Å². The summed E-state index contributed by atoms with van der Waals surface area (Å²) in [5, 5.41) is 18.6. The second-order valence-electron chi connectivity index (χ2n) is 6.97. The first-order chi connectivity index (χ1) is 12.2. The van der Waals surface area contributed by atoms with Gasteiger partial charge in [-0.25, -0.2) is 4.79 Å². The Morgan fingerprint density at radius 2 is 1.92 bits per heavy atom. The van der Waals surface area contributed by atoms with E-state index in [2.05, 4.69) is 22.9 Å². The molecule has 1 N–H and O–H groups in total. The fourth-order valence-corrected chi connectivity index (χ4v) is 2.25. The van der Waals surface area contributed by atoms with E-state index in [0.29, 0.717) is 16.9 Å². The number of carboxylic acid groups (broad SMARTS) is 1. The van der Waals surface area contributed by atoms with Crippen LogP contribution >= 0.6 is 0 Å². The SMILES string of the molecule is Cc1ccncc1C#Cc1cc(C#N)ccc1OC(C(=O)O)C(C)(C)C. The molecule has 0 saturated carbocycles. The van der Waals surface area contributed by atoms with Gasteiger partial charge in [0.2, 0.25) is 0 Å². The maximum absolute atomic E-state index is 11.6. The Balaban J connectivity index is 2.48. The Kier molecular flexibility index (Phi) is 5.64. The van der Waals surface area contributed by atoms with E-state index in [1.165, 1.54) is 0 Å². The van der Waals surface area contributed by atoms with Gasteiger partial charge in [0.1, 0.15) is 5.75 Å². The fraction of sp³-hybridized carbons (Fsp3) is 0.286. The third kappa shape index (κ3) is 4.62. The highest BCUT2D eigenvalue weighted by atomic mass is 16.5. The van der Waals surface area contributed by atoms with Crippen LogP contribution in [-0.2, 0) is 4.79 Å². The summed E-state index contributed by atoms with van der Waals surface area (Å²) in [7, 11) is 0. The lowest BCUT2D eigenvalue weighted by Gasteiger charge is -2.28. The first-order valence-corrected chi connectivity index (χ1v) is 8.08. The van der Waals surface area contributed by atoms with Gasteiger partial charge in [0.05, 0.1) is 17.2 Å². The molecule has 2 rings (SSSR count). The molecule has 0 aliphatic heterocycles. The topological polar surface area (TPSA) is 83.2 Å². The zero-order valence-corrected chi connectivity index (χ0v) is 15.2. The molecule has 5 heteroatoms. The molecule has 0 aliphatic carbocycles. The normalized spacial score (nSPS) is 11.7. The van der Waals surface area contributed by atoms with Crippen molar-refractivity contribution in [1.82, 2.24) is 4.98 Å². The summed E-state index contributed by atoms with van der Waals surface area (Å²) in [6, 6.07) is 8.67. The van der Waals surface area contributed by atoms with Crippen molar-refractivity contribution in [2.75, 3.05) is 0 Å². The quantitative estimate of drug-likeness (QED) is 0.858. The summed E-state index contributed by atoms with van der Waals surface area (Å²) >= 11 is 0. The molecule has 1 aromatic carbocycles. The summed E-state index contributed by atoms with van der Waals surface area (Å²) in [5.74, 6) is 5.28. The molecule has 0 bridgehead atoms. The van der Waals surface area contributed by atoms with Crippen molar-refractivity contribution in [1.29, 1.82) is 5.26 Å². The van der Waals surface area contributed by atoms with Crippen molar-refractivity contribution in [3.05, 3.63) is 58.9 Å². The van der Waals surface area contributed by atoms with Crippen molar-refractivity contribution in [2.24, 2.45) is 5.41 Å². The van der Waals surface area contributed by atoms with Crippen LogP contribution < -0.4 is 4.74 Å². The second-order valence-corrected chi connectivity index (χ2v) is 6.97. The van der Waals surface area contributed by atoms with Crippen LogP contribution in [0.3, 0.4) is 0 Å². The molecule has 0 radical (unpaired) electrons. The standard InChI is InChI=1S/C21H20N2O3/c1-14-9-10-23-13-17(14)7-6-16-11-15(12-22)5-8-18(16)26-19(20(24)25)21(2,3)4/h5,8-11,13,19H,1-4H3,(H,24,25). The molecule has 26 heavy (non-hydrogen) atoms. The molecule has 1 unspecified atom stereocenters. The van der Waals surface area contributed by atoms with Crippen molar-refractivity contribution in [3.63, 3.8) is 0 Å². The zero-order valence-electron chi connectivity index (χ0n) is 15.2. The number of benzene rings is 1. The average Bonchev–Trinajstić information content (AvgIpc) is 2.58. The zero-order chi connectivity index (χ0) is 19.3. The molecule has 5 nitrogen and oxygen atoms in total. The third-order valence-corrected chi connectivity index (χ3v) is 3.74. The highest BCUT2D eigenvalue weighted by molar-refractivity contribution is 5.74. The molecular weight excluding hydrogens is 328 g/mol. The summed E-state index contributed by atoms with van der Waals surface area (Å²) in [5.41, 5.74) is 2.01. The summed E-state index contributed by atoms with van der Waals surface area (Å²) in [6.45, 7) is 7.30. The van der Waals surface area contributed by atoms with Crippen LogP contribution in [0.25, 0.3) is 0 Å². The smallest absolute Gasteiger partial charge is 0.345 e. The number of carbonyl (C=O) groups is 1. The van der Waals surface area contributed by atoms with E-state index in [4.69, 9.17) is 10.00 Å². The molecule has 2 aromatic rings. The maximum atomic E-state index is 11.6. The Bertz CT molecular complexity index is 925. The van der Waals surface area contributed by atoms with Gasteiger partial charge in [-0.2, -0.15) is 5.26 Å². The highest BCUT2D eigenvalue weighted by Crippen LogP contribution is 2.28. The third-order valence-electron chi connectivity index (χ3n) is 3.74. The van der Waals surface area contributed by atoms with Gasteiger partial charge in [0.15, 0.2) is 6.10 Å². The minimum Gasteiger partial charge on any atom is -0.478 e. The van der Waals surface area contributed by atoms with Crippen LogP contribution in [0.1, 0.15) is 43.0 Å². The minimum atomic E-state index is -1.05. The van der Waals surface area contributed by atoms with Gasteiger partial charge in [-0.3, -0.25) is 4.98 Å². The van der Waals surface area contributed by atoms with E-state index in [1.54, 1.807) is 51.4 Å². The van der Waals surface area contributed by atoms with E-state index in [0.717, 1.165) is 11.1 Å². The molecule has 0 spiro atoms. The van der Waals surface area contributed by atoms with E-state index in [9.17, 15) is 9.90 Å². The highest BCUT2D eigenvalue weighted by Gasteiger charge is 2.33. The molecule has 0 aliphatic rings. The molecule has 132 valence electrons. The Hall–Kier alpha value is -3.31. The lowest BCUT2D eigenvalue weighted by molar-refractivity contribution is -0.150. The van der Waals surface area contributed by atoms with E-state index in [1.807, 2.05) is 13.0 Å². The van der Waals surface area contributed by atoms with Gasteiger partial charge >= 0.3 is 5.97 Å². The van der Waals surface area contributed by atoms with Crippen LogP contribution in [0.2, 0.25) is 0 Å². The number of carboxylic acids is 1. The first-order valence-electron chi connectivity index (χ1n) is 8.08. The van der Waals surface area contributed by atoms with Gasteiger partial charge in [0.25, 0.3) is 0 Å². The number of nitriles is 1. The second kappa shape index (κ2) is 7.72. The molecule has 0 fully saturated rings. The molecule has 0 saturated heterocycles. The Morgan fingerprint density at radius 3 is 2.50 bits per heavy atom. The number of hydrogen-bond acceptors (Lipinski definition) is 4. The van der Waals surface area contributed by atoms with Crippen molar-refractivity contribution in [2.45, 2.75) is 33.8 Å². The first kappa shape index (κ1) is 19.0. The number of ether oxygens (including phenoxy) is 1. The Morgan fingerprint density at radius 1 is 1.23 bits per heavy atom. The fourth-order valence-electron chi connectivity index (χ4n) is 2.25. The monoisotopic (exact) mass is 348 g/mol. The summed E-state index contributed by atoms with van der Waals surface area (Å²) in [6.07, 6.45) is 2.30. The van der Waals surface area contributed by atoms with E-state index < -0.39 is 17.5 Å². The minimum absolute atomic E-state index is 0.334. The molecule has 1 atom stereocenters. The number of pyridine rings is 1. The number of aromatic nitrogens is 1. The molecule has 1 heterocycles. The van der Waals surface area contributed by atoms with E-state index in [-0.39, 0.29) is 0 Å². The number of aryl methyl sites for hydroxylation is 1. The van der Waals surface area contributed by atoms with Gasteiger partial charge in [-0.1, -0.05) is 32.6 Å². The van der Waals surface area contributed by atoms with Crippen molar-refractivity contribution >= 4 is 5.97 Å². The predicted octanol–water partition coefficient (Wildman–Crippen LogP) is 3.54. The van der Waals surface area contributed by atoms with Crippen molar-refractivity contribution < 1.29 is 14.6 Å². The van der Waals surface area contributed by atoms with Gasteiger partial charge in [0, 0.05) is 23.4 Å². The summed E-state index contributed by atoms with van der Waals surface area (Å²) < 4.78 is 5.76. The number of hydrogen-bond donors (Lipinski definition) is 1. The number of rotatable bonds is 3. The predicted molar refractivity (Wildman–Crippen MR) is 97.6 cm³/mol. The van der Waals surface area contributed by atoms with Crippen LogP contribution in [0.5, 0.6) is 5.75 Å². The van der Waals surface area contributed by atoms with Gasteiger partial charge in [-0.05, 0) is 36.8 Å². The molecule has 1 aromatic heterocycles. The van der Waals surface area contributed by atoms with Crippen molar-refractivity contribution in [3.8, 4) is 23.7 Å². The van der Waals surface area contributed by atoms with Gasteiger partial charge < -0.3 is 9.84 Å². The van der Waals surface area contributed by atoms with Gasteiger partial charge in [-0.15, -0.1) is 0 Å². The molecular formula is C21H20N2O3. The summed E-state index contributed by atoms with van der Waals surface area (Å²) in [4.78, 5) is 15.6. The largest absolute Gasteiger partial charge is 0.478 e. The molecule has 0 amide bonds. The van der Waals surface area contributed by atoms with Crippen LogP contribution in [0.15, 0.2) is 36.7 Å². The van der Waals surface area contributed by atoms with Crippen LogP contribution in [-0.4, -0.2) is 22.2 Å². The maximum Gasteiger partial charge on any atom is 0.345 e. The number of nitrogens with zero attached hydrogens (tertiary/aromatic N) is 2. The lowest BCUT2D eigenvalue weighted by atomic mass is 9.89. The number of aliphatic carboxylic acids is 1. The lowest BCUT2D eigenvalue weighted by Crippen LogP contribution is -2.39. The van der Waals surface area contributed by atoms with Crippen LogP contribution in [0.4, 0.5) is 0 Å². The van der Waals surface area contributed by atoms with Crippen LogP contribution in [0, 0.1) is 35.5 Å². The average molecular weight is 348 g/mol. The van der Waals surface area contributed by atoms with E-state index >= 15 is 0 Å².